The summed E-state index contributed by atoms with van der Waals surface area (Å²) in [5.41, 5.74) is 0.243. The van der Waals surface area contributed by atoms with E-state index in [0.717, 1.165) is 6.42 Å². The summed E-state index contributed by atoms with van der Waals surface area (Å²) in [5, 5.41) is 8.17. The van der Waals surface area contributed by atoms with Crippen LogP contribution < -0.4 is 0 Å². The van der Waals surface area contributed by atoms with Gasteiger partial charge in [0.05, 0.1) is 0 Å². The molecule has 0 aliphatic carbocycles. The quantitative estimate of drug-likeness (QED) is 0.586. The van der Waals surface area contributed by atoms with Crippen molar-refractivity contribution >= 4 is 5.97 Å². The Morgan fingerprint density at radius 3 is 2.36 bits per heavy atom. The average molecular weight is 154 g/mol. The number of aliphatic carboxylic acids is 1. The second-order valence-electron chi connectivity index (χ2n) is 3.67. The first-order valence-electron chi connectivity index (χ1n) is 3.63. The van der Waals surface area contributed by atoms with Crippen molar-refractivity contribution in [2.45, 2.75) is 33.6 Å². The lowest BCUT2D eigenvalue weighted by Crippen LogP contribution is -2.03. The van der Waals surface area contributed by atoms with Crippen LogP contribution in [0.5, 0.6) is 0 Å². The van der Waals surface area contributed by atoms with Gasteiger partial charge in [-0.3, -0.25) is 0 Å². The first kappa shape index (κ1) is 10.0. The van der Waals surface area contributed by atoms with Gasteiger partial charge in [0.25, 0.3) is 0 Å². The van der Waals surface area contributed by atoms with E-state index in [-0.39, 0.29) is 5.41 Å². The van der Waals surface area contributed by atoms with Gasteiger partial charge in [-0.25, -0.2) is 4.79 Å². The van der Waals surface area contributed by atoms with Gasteiger partial charge in [-0.05, 0) is 11.8 Å². The predicted molar refractivity (Wildman–Crippen MR) is 44.1 cm³/mol. The molecule has 0 aromatic heterocycles. The molecule has 11 heavy (non-hydrogen) atoms. The first-order valence-corrected chi connectivity index (χ1v) is 3.63. The van der Waals surface area contributed by atoms with Crippen LogP contribution in [0.2, 0.25) is 0 Å². The highest BCUT2D eigenvalue weighted by atomic mass is 16.4. The fourth-order valence-electron chi connectivity index (χ4n) is 0.576. The summed E-state index contributed by atoms with van der Waals surface area (Å²) in [6, 6.07) is 0. The zero-order chi connectivity index (χ0) is 8.91. The minimum atomic E-state index is -1.04. The van der Waals surface area contributed by atoms with Gasteiger partial charge in [0.2, 0.25) is 0 Å². The van der Waals surface area contributed by atoms with E-state index in [1.54, 1.807) is 0 Å². The van der Waals surface area contributed by atoms with E-state index in [1.807, 2.05) is 0 Å². The lowest BCUT2D eigenvalue weighted by atomic mass is 9.91. The second-order valence-corrected chi connectivity index (χ2v) is 3.67. The van der Waals surface area contributed by atoms with E-state index >= 15 is 0 Å². The standard InChI is InChI=1S/C9H14O2/c1-9(2,3)7-5-4-6-8(10)11/h5,7H2,1-3H3,(H,10,11). The molecule has 0 fully saturated rings. The SMILES string of the molecule is CC(C)(C)CCC#CC(=O)O. The van der Waals surface area contributed by atoms with Gasteiger partial charge in [-0.15, -0.1) is 0 Å². The lowest BCUT2D eigenvalue weighted by molar-refractivity contribution is -0.130. The number of hydrogen-bond acceptors (Lipinski definition) is 1. The van der Waals surface area contributed by atoms with Crippen LogP contribution in [0.25, 0.3) is 0 Å². The molecule has 0 aliphatic heterocycles. The molecule has 0 atom stereocenters. The van der Waals surface area contributed by atoms with Gasteiger partial charge in [-0.2, -0.15) is 0 Å². The minimum Gasteiger partial charge on any atom is -0.472 e. The topological polar surface area (TPSA) is 37.3 Å². The summed E-state index contributed by atoms with van der Waals surface area (Å²) < 4.78 is 0. The third kappa shape index (κ3) is 9.03. The maximum absolute atomic E-state index is 9.95. The molecule has 0 radical (unpaired) electrons. The van der Waals surface area contributed by atoms with Crippen molar-refractivity contribution in [3.05, 3.63) is 0 Å². The molecule has 0 amide bonds. The van der Waals surface area contributed by atoms with Crippen LogP contribution in [0.4, 0.5) is 0 Å². The van der Waals surface area contributed by atoms with E-state index in [2.05, 4.69) is 32.6 Å². The number of carbonyl (C=O) groups is 1. The summed E-state index contributed by atoms with van der Waals surface area (Å²) in [7, 11) is 0. The number of rotatable bonds is 1. The molecule has 0 saturated carbocycles. The maximum Gasteiger partial charge on any atom is 0.381 e. The molecule has 0 rings (SSSR count). The Morgan fingerprint density at radius 1 is 1.45 bits per heavy atom. The Kier molecular flexibility index (Phi) is 3.67. The average Bonchev–Trinajstić information content (AvgIpc) is 1.78. The molecule has 0 aromatic carbocycles. The summed E-state index contributed by atoms with van der Waals surface area (Å²) in [6.07, 6.45) is 1.60. The van der Waals surface area contributed by atoms with Crippen LogP contribution in [-0.4, -0.2) is 11.1 Å². The maximum atomic E-state index is 9.95. The summed E-state index contributed by atoms with van der Waals surface area (Å²) in [6.45, 7) is 6.32. The molecular weight excluding hydrogens is 140 g/mol. The Balaban J connectivity index is 3.60. The van der Waals surface area contributed by atoms with Crippen LogP contribution in [-0.2, 0) is 4.79 Å². The zero-order valence-electron chi connectivity index (χ0n) is 7.27. The van der Waals surface area contributed by atoms with Gasteiger partial charge in [0.1, 0.15) is 0 Å². The third-order valence-corrected chi connectivity index (χ3v) is 1.20. The minimum absolute atomic E-state index is 0.243. The zero-order valence-corrected chi connectivity index (χ0v) is 7.27. The Labute approximate surface area is 67.6 Å². The van der Waals surface area contributed by atoms with Crippen LogP contribution in [0.3, 0.4) is 0 Å². The van der Waals surface area contributed by atoms with Crippen molar-refractivity contribution in [3.8, 4) is 11.8 Å². The van der Waals surface area contributed by atoms with E-state index in [1.165, 1.54) is 0 Å². The lowest BCUT2D eigenvalue weighted by Gasteiger charge is -2.15. The molecule has 0 saturated heterocycles. The van der Waals surface area contributed by atoms with Gasteiger partial charge in [0, 0.05) is 12.3 Å². The van der Waals surface area contributed by atoms with Crippen molar-refractivity contribution in [3.63, 3.8) is 0 Å². The van der Waals surface area contributed by atoms with Crippen molar-refractivity contribution in [2.75, 3.05) is 0 Å². The normalized spacial score (nSPS) is 10.1. The summed E-state index contributed by atoms with van der Waals surface area (Å²) in [4.78, 5) is 9.95. The Morgan fingerprint density at radius 2 is 2.00 bits per heavy atom. The highest BCUT2D eigenvalue weighted by molar-refractivity contribution is 5.86. The molecule has 0 aromatic rings. The van der Waals surface area contributed by atoms with Gasteiger partial charge in [0.15, 0.2) is 0 Å². The third-order valence-electron chi connectivity index (χ3n) is 1.20. The van der Waals surface area contributed by atoms with Gasteiger partial charge >= 0.3 is 5.97 Å². The summed E-state index contributed by atoms with van der Waals surface area (Å²) >= 11 is 0. The van der Waals surface area contributed by atoms with E-state index in [9.17, 15) is 4.79 Å². The number of carboxylic acid groups (broad SMARTS) is 1. The molecule has 0 bridgehead atoms. The van der Waals surface area contributed by atoms with E-state index < -0.39 is 5.97 Å². The first-order chi connectivity index (χ1) is 4.92. The highest BCUT2D eigenvalue weighted by Gasteiger charge is 2.07. The fourth-order valence-corrected chi connectivity index (χ4v) is 0.576. The van der Waals surface area contributed by atoms with Crippen molar-refractivity contribution in [1.82, 2.24) is 0 Å². The predicted octanol–water partition coefficient (Wildman–Crippen LogP) is 1.90. The monoisotopic (exact) mass is 154 g/mol. The number of hydrogen-bond donors (Lipinski definition) is 1. The fraction of sp³-hybridized carbons (Fsp3) is 0.667. The van der Waals surface area contributed by atoms with Crippen LogP contribution in [0.1, 0.15) is 33.6 Å². The van der Waals surface area contributed by atoms with Crippen molar-refractivity contribution in [1.29, 1.82) is 0 Å². The number of carboxylic acids is 1. The van der Waals surface area contributed by atoms with Gasteiger partial charge < -0.3 is 5.11 Å². The van der Waals surface area contributed by atoms with Gasteiger partial charge in [-0.1, -0.05) is 26.7 Å². The molecule has 0 unspecified atom stereocenters. The van der Waals surface area contributed by atoms with Crippen LogP contribution >= 0.6 is 0 Å². The summed E-state index contributed by atoms with van der Waals surface area (Å²) in [5.74, 6) is 3.63. The van der Waals surface area contributed by atoms with Crippen molar-refractivity contribution < 1.29 is 9.90 Å². The molecule has 2 heteroatoms. The highest BCUT2D eigenvalue weighted by Crippen LogP contribution is 2.19. The van der Waals surface area contributed by atoms with Crippen LogP contribution in [0.15, 0.2) is 0 Å². The molecule has 0 spiro atoms. The molecule has 0 heterocycles. The Hall–Kier alpha value is -0.970. The molecule has 62 valence electrons. The second kappa shape index (κ2) is 4.02. The molecule has 0 aliphatic rings. The smallest absolute Gasteiger partial charge is 0.381 e. The Bertz CT molecular complexity index is 188. The molecule has 1 N–H and O–H groups in total. The molecule has 2 nitrogen and oxygen atoms in total. The van der Waals surface area contributed by atoms with E-state index in [0.29, 0.717) is 6.42 Å². The van der Waals surface area contributed by atoms with Crippen molar-refractivity contribution in [2.24, 2.45) is 5.41 Å². The van der Waals surface area contributed by atoms with Crippen LogP contribution in [0, 0.1) is 17.3 Å². The van der Waals surface area contributed by atoms with E-state index in [4.69, 9.17) is 5.11 Å². The largest absolute Gasteiger partial charge is 0.472 e. The molecular formula is C9H14O2.